The molecule has 0 unspecified atom stereocenters. The summed E-state index contributed by atoms with van der Waals surface area (Å²) >= 11 is 4.21. The first-order valence-electron chi connectivity index (χ1n) is 7.95. The van der Waals surface area contributed by atoms with Crippen molar-refractivity contribution in [1.82, 2.24) is 0 Å². The standard InChI is InChI=1S/C20H10I2N2O4/c21-12-7-11(18(25)14(22)8-12)10-24-20-13(9-23)17(15-3-1-5-26-15)19(28-20)16-4-2-6-27-16/h1-8,10,25H. The van der Waals surface area contributed by atoms with Crippen molar-refractivity contribution >= 4 is 57.3 Å². The van der Waals surface area contributed by atoms with Gasteiger partial charge in [-0.05, 0) is 81.6 Å². The van der Waals surface area contributed by atoms with Crippen LogP contribution in [0.25, 0.3) is 22.8 Å². The number of aromatic hydroxyl groups is 1. The van der Waals surface area contributed by atoms with E-state index in [9.17, 15) is 10.4 Å². The third-order valence-corrected chi connectivity index (χ3v) is 5.34. The van der Waals surface area contributed by atoms with Gasteiger partial charge in [0.15, 0.2) is 11.5 Å². The van der Waals surface area contributed by atoms with Crippen molar-refractivity contribution in [3.05, 3.63) is 67.2 Å². The molecule has 28 heavy (non-hydrogen) atoms. The molecule has 3 aromatic heterocycles. The van der Waals surface area contributed by atoms with Crippen LogP contribution < -0.4 is 0 Å². The largest absolute Gasteiger partial charge is 0.506 e. The van der Waals surface area contributed by atoms with E-state index >= 15 is 0 Å². The third kappa shape index (κ3) is 3.47. The summed E-state index contributed by atoms with van der Waals surface area (Å²) in [5.41, 5.74) is 1.21. The highest BCUT2D eigenvalue weighted by Crippen LogP contribution is 2.43. The topological polar surface area (TPSA) is 95.8 Å². The smallest absolute Gasteiger partial charge is 0.238 e. The van der Waals surface area contributed by atoms with E-state index in [0.717, 1.165) is 3.57 Å². The summed E-state index contributed by atoms with van der Waals surface area (Å²) in [6.45, 7) is 0. The van der Waals surface area contributed by atoms with Crippen LogP contribution in [-0.4, -0.2) is 11.3 Å². The monoisotopic (exact) mass is 596 g/mol. The van der Waals surface area contributed by atoms with Gasteiger partial charge < -0.3 is 18.4 Å². The molecule has 0 saturated heterocycles. The predicted molar refractivity (Wildman–Crippen MR) is 120 cm³/mol. The molecule has 0 amide bonds. The first-order valence-corrected chi connectivity index (χ1v) is 10.1. The Morgan fingerprint density at radius 2 is 1.79 bits per heavy atom. The highest BCUT2D eigenvalue weighted by Gasteiger charge is 2.26. The maximum atomic E-state index is 10.3. The van der Waals surface area contributed by atoms with E-state index in [2.05, 4.69) is 56.2 Å². The van der Waals surface area contributed by atoms with Crippen LogP contribution in [0.2, 0.25) is 0 Å². The molecule has 0 saturated carbocycles. The van der Waals surface area contributed by atoms with E-state index in [4.69, 9.17) is 13.3 Å². The molecule has 138 valence electrons. The lowest BCUT2D eigenvalue weighted by Gasteiger charge is -2.02. The van der Waals surface area contributed by atoms with Crippen molar-refractivity contribution in [2.24, 2.45) is 4.99 Å². The minimum atomic E-state index is 0.105. The summed E-state index contributed by atoms with van der Waals surface area (Å²) in [5.74, 6) is 1.50. The van der Waals surface area contributed by atoms with Crippen molar-refractivity contribution in [3.63, 3.8) is 0 Å². The summed E-state index contributed by atoms with van der Waals surface area (Å²) in [6, 6.07) is 12.7. The van der Waals surface area contributed by atoms with Crippen LogP contribution in [-0.2, 0) is 0 Å². The van der Waals surface area contributed by atoms with Gasteiger partial charge in [0.2, 0.25) is 5.88 Å². The Kier molecular flexibility index (Phi) is 5.27. The van der Waals surface area contributed by atoms with E-state index in [1.807, 2.05) is 6.07 Å². The van der Waals surface area contributed by atoms with Gasteiger partial charge in [-0.2, -0.15) is 5.26 Å². The summed E-state index contributed by atoms with van der Waals surface area (Å²) in [6.07, 6.45) is 4.51. The number of phenolic OH excluding ortho intramolecular Hbond substituents is 1. The number of furan rings is 3. The lowest BCUT2D eigenvalue weighted by molar-refractivity contribution is 0.470. The predicted octanol–water partition coefficient (Wildman–Crippen LogP) is 6.34. The number of halogens is 2. The fraction of sp³-hybridized carbons (Fsp3) is 0. The van der Waals surface area contributed by atoms with E-state index < -0.39 is 0 Å². The summed E-state index contributed by atoms with van der Waals surface area (Å²) < 4.78 is 18.5. The summed E-state index contributed by atoms with van der Waals surface area (Å²) in [7, 11) is 0. The van der Waals surface area contributed by atoms with E-state index in [0.29, 0.717) is 32.0 Å². The van der Waals surface area contributed by atoms with Crippen LogP contribution in [0.4, 0.5) is 5.88 Å². The zero-order chi connectivity index (χ0) is 19.7. The SMILES string of the molecule is N#Cc1c(N=Cc2cc(I)cc(I)c2O)oc(-c2ccco2)c1-c1ccco1. The number of hydrogen-bond donors (Lipinski definition) is 1. The second-order valence-electron chi connectivity index (χ2n) is 5.64. The molecule has 0 aliphatic heterocycles. The van der Waals surface area contributed by atoms with Gasteiger partial charge in [0.25, 0.3) is 0 Å². The van der Waals surface area contributed by atoms with Crippen LogP contribution >= 0.6 is 45.2 Å². The lowest BCUT2D eigenvalue weighted by atomic mass is 10.1. The molecule has 0 aliphatic carbocycles. The maximum Gasteiger partial charge on any atom is 0.238 e. The number of nitriles is 1. The van der Waals surface area contributed by atoms with Crippen LogP contribution in [0.3, 0.4) is 0 Å². The van der Waals surface area contributed by atoms with E-state index in [1.54, 1.807) is 30.3 Å². The van der Waals surface area contributed by atoms with Crippen LogP contribution in [0.5, 0.6) is 5.75 Å². The Labute approximate surface area is 186 Å². The maximum absolute atomic E-state index is 10.3. The Morgan fingerprint density at radius 1 is 1.07 bits per heavy atom. The molecule has 0 bridgehead atoms. The Balaban J connectivity index is 1.87. The second kappa shape index (κ2) is 7.84. The fourth-order valence-electron chi connectivity index (χ4n) is 2.66. The average Bonchev–Trinajstić information content (AvgIpc) is 3.42. The zero-order valence-electron chi connectivity index (χ0n) is 14.0. The van der Waals surface area contributed by atoms with Gasteiger partial charge in [0, 0.05) is 15.3 Å². The van der Waals surface area contributed by atoms with Crippen LogP contribution in [0, 0.1) is 18.5 Å². The van der Waals surface area contributed by atoms with Crippen molar-refractivity contribution in [2.45, 2.75) is 0 Å². The molecule has 0 fully saturated rings. The zero-order valence-corrected chi connectivity index (χ0v) is 18.3. The van der Waals surface area contributed by atoms with E-state index in [-0.39, 0.29) is 17.2 Å². The van der Waals surface area contributed by atoms with Gasteiger partial charge in [-0.1, -0.05) is 0 Å². The Hall–Kier alpha value is -2.52. The molecule has 0 aliphatic rings. The molecule has 6 nitrogen and oxygen atoms in total. The normalized spacial score (nSPS) is 11.2. The molecular weight excluding hydrogens is 586 g/mol. The van der Waals surface area contributed by atoms with Gasteiger partial charge >= 0.3 is 0 Å². The number of phenols is 1. The Bertz CT molecular complexity index is 1200. The van der Waals surface area contributed by atoms with Crippen molar-refractivity contribution in [1.29, 1.82) is 5.26 Å². The number of benzene rings is 1. The summed E-state index contributed by atoms with van der Waals surface area (Å²) in [4.78, 5) is 4.33. The molecule has 1 aromatic carbocycles. The summed E-state index contributed by atoms with van der Waals surface area (Å²) in [5, 5.41) is 20.0. The minimum absolute atomic E-state index is 0.105. The number of rotatable bonds is 4. The highest BCUT2D eigenvalue weighted by molar-refractivity contribution is 14.1. The van der Waals surface area contributed by atoms with Gasteiger partial charge in [-0.25, -0.2) is 4.99 Å². The van der Waals surface area contributed by atoms with Crippen molar-refractivity contribution in [2.75, 3.05) is 0 Å². The minimum Gasteiger partial charge on any atom is -0.506 e. The van der Waals surface area contributed by atoms with Gasteiger partial charge in [-0.15, -0.1) is 0 Å². The van der Waals surface area contributed by atoms with Gasteiger partial charge in [0.1, 0.15) is 23.1 Å². The fourth-order valence-corrected chi connectivity index (χ4v) is 4.55. The number of hydrogen-bond acceptors (Lipinski definition) is 6. The van der Waals surface area contributed by atoms with Crippen molar-refractivity contribution < 1.29 is 18.4 Å². The molecular formula is C20H10I2N2O4. The molecule has 1 N–H and O–H groups in total. The number of aliphatic imine (C=N–C) groups is 1. The van der Waals surface area contributed by atoms with E-state index in [1.165, 1.54) is 18.7 Å². The molecule has 0 radical (unpaired) electrons. The van der Waals surface area contributed by atoms with Crippen LogP contribution in [0.1, 0.15) is 11.1 Å². The van der Waals surface area contributed by atoms with Gasteiger partial charge in [0.05, 0.1) is 21.7 Å². The van der Waals surface area contributed by atoms with Crippen molar-refractivity contribution in [3.8, 4) is 34.7 Å². The molecule has 4 rings (SSSR count). The highest BCUT2D eigenvalue weighted by atomic mass is 127. The molecule has 0 atom stereocenters. The lowest BCUT2D eigenvalue weighted by Crippen LogP contribution is -1.87. The van der Waals surface area contributed by atoms with Gasteiger partial charge in [-0.3, -0.25) is 0 Å². The third-order valence-electron chi connectivity index (χ3n) is 3.89. The molecule has 4 aromatic rings. The second-order valence-corrected chi connectivity index (χ2v) is 8.04. The molecule has 8 heteroatoms. The Morgan fingerprint density at radius 3 is 2.43 bits per heavy atom. The van der Waals surface area contributed by atoms with Crippen LogP contribution in [0.15, 0.2) is 67.2 Å². The first kappa shape index (κ1) is 18.8. The average molecular weight is 596 g/mol. The quantitative estimate of drug-likeness (QED) is 0.219. The number of nitrogens with zero attached hydrogens (tertiary/aromatic N) is 2. The first-order chi connectivity index (χ1) is 13.6. The molecule has 0 spiro atoms. The molecule has 3 heterocycles.